The molecule has 3 heteroatoms. The first kappa shape index (κ1) is 7.93. The molecule has 0 aromatic heterocycles. The highest BCUT2D eigenvalue weighted by Crippen LogP contribution is 2.48. The van der Waals surface area contributed by atoms with Crippen LogP contribution in [-0.2, 0) is 0 Å². The van der Waals surface area contributed by atoms with Gasteiger partial charge in [0.25, 0.3) is 0 Å². The van der Waals surface area contributed by atoms with Crippen molar-refractivity contribution in [2.45, 2.75) is 11.8 Å². The minimum atomic E-state index is -1.65. The normalized spacial score (nSPS) is 39.5. The number of halogens is 1. The molecular weight excluding hydrogens is 258 g/mol. The predicted molar refractivity (Wildman–Crippen MR) is 76.3 cm³/mol. The SMILES string of the molecule is [2H]C1N([2H])C[C@@]2([2H])c3cc(Cl)ccc3Oc3ccccc3[C@]12[2H]. The van der Waals surface area contributed by atoms with Gasteiger partial charge in [-0.15, -0.1) is 0 Å². The Bertz CT molecular complexity index is 803. The molecule has 1 unspecified atom stereocenters. The van der Waals surface area contributed by atoms with E-state index in [1.165, 1.54) is 0 Å². The first-order valence-electron chi connectivity index (χ1n) is 8.15. The largest absolute Gasteiger partial charge is 0.457 e. The Kier molecular flexibility index (Phi) is 1.78. The van der Waals surface area contributed by atoms with Gasteiger partial charge in [-0.25, -0.2) is 0 Å². The number of rotatable bonds is 0. The summed E-state index contributed by atoms with van der Waals surface area (Å²) in [4.78, 5) is 0. The second-order valence-electron chi connectivity index (χ2n) is 4.60. The summed E-state index contributed by atoms with van der Waals surface area (Å²) in [6.45, 7) is -1.26. The third-order valence-corrected chi connectivity index (χ3v) is 3.69. The zero-order valence-electron chi connectivity index (χ0n) is 14.1. The van der Waals surface area contributed by atoms with E-state index in [-0.39, 0.29) is 6.54 Å². The fraction of sp³-hybridized carbons (Fsp3) is 0.250. The molecule has 0 amide bonds. The lowest BCUT2D eigenvalue weighted by Crippen LogP contribution is -2.08. The van der Waals surface area contributed by atoms with Crippen LogP contribution in [0.3, 0.4) is 0 Å². The molecule has 2 aliphatic heterocycles. The minimum absolute atomic E-state index is 0.0598. The zero-order valence-corrected chi connectivity index (χ0v) is 10.8. The Morgan fingerprint density at radius 1 is 1.21 bits per heavy atom. The molecule has 2 heterocycles. The summed E-state index contributed by atoms with van der Waals surface area (Å²) in [6.07, 6.45) is 0. The van der Waals surface area contributed by atoms with Crippen LogP contribution in [0.4, 0.5) is 0 Å². The van der Waals surface area contributed by atoms with Crippen molar-refractivity contribution in [1.82, 2.24) is 5.31 Å². The van der Waals surface area contributed by atoms with Crippen LogP contribution < -0.4 is 10.0 Å². The summed E-state index contributed by atoms with van der Waals surface area (Å²) in [7, 11) is 0. The van der Waals surface area contributed by atoms with Gasteiger partial charge >= 0.3 is 0 Å². The van der Waals surface area contributed by atoms with Gasteiger partial charge in [0.1, 0.15) is 12.9 Å². The van der Waals surface area contributed by atoms with Crippen LogP contribution in [0.25, 0.3) is 0 Å². The zero-order chi connectivity index (χ0) is 16.4. The maximum absolute atomic E-state index is 9.04. The lowest BCUT2D eigenvalue weighted by Gasteiger charge is -2.17. The summed E-state index contributed by atoms with van der Waals surface area (Å²) in [6, 6.07) is 12.0. The first-order valence-corrected chi connectivity index (χ1v) is 6.51. The Morgan fingerprint density at radius 3 is 3.00 bits per heavy atom. The van der Waals surface area contributed by atoms with E-state index in [0.717, 1.165) is 5.31 Å². The van der Waals surface area contributed by atoms with Gasteiger partial charge in [-0.2, -0.15) is 0 Å². The molecule has 19 heavy (non-hydrogen) atoms. The second-order valence-corrected chi connectivity index (χ2v) is 5.04. The first-order chi connectivity index (χ1) is 10.9. The number of benzene rings is 2. The summed E-state index contributed by atoms with van der Waals surface area (Å²) >= 11 is 6.10. The fourth-order valence-corrected chi connectivity index (χ4v) is 2.75. The quantitative estimate of drug-likeness (QED) is 0.787. The molecular formula is C16H14ClNO. The van der Waals surface area contributed by atoms with Gasteiger partial charge in [-0.3, -0.25) is 0 Å². The van der Waals surface area contributed by atoms with Crippen molar-refractivity contribution in [3.05, 3.63) is 58.6 Å². The molecule has 0 bridgehead atoms. The van der Waals surface area contributed by atoms with Gasteiger partial charge in [0.2, 0.25) is 0 Å². The van der Waals surface area contributed by atoms with E-state index in [0.29, 0.717) is 27.6 Å². The van der Waals surface area contributed by atoms with Crippen molar-refractivity contribution < 1.29 is 10.3 Å². The smallest absolute Gasteiger partial charge is 0.131 e. The van der Waals surface area contributed by atoms with Crippen LogP contribution in [0.2, 0.25) is 6.43 Å². The molecule has 0 saturated carbocycles. The highest BCUT2D eigenvalue weighted by atomic mass is 35.5. The molecule has 3 atom stereocenters. The molecule has 2 aromatic rings. The summed E-state index contributed by atoms with van der Waals surface area (Å²) in [5.74, 6) is -2.27. The lowest BCUT2D eigenvalue weighted by atomic mass is 9.84. The number of para-hydroxylation sites is 1. The van der Waals surface area contributed by atoms with Gasteiger partial charge < -0.3 is 10.0 Å². The monoisotopic (exact) mass is 275 g/mol. The van der Waals surface area contributed by atoms with Crippen LogP contribution in [-0.4, -0.2) is 13.1 Å². The Morgan fingerprint density at radius 2 is 2.05 bits per heavy atom. The molecule has 1 N–H and O–H groups in total. The van der Waals surface area contributed by atoms with Crippen LogP contribution >= 0.6 is 11.6 Å². The van der Waals surface area contributed by atoms with Crippen LogP contribution in [0, 0.1) is 0 Å². The van der Waals surface area contributed by atoms with E-state index in [1.54, 1.807) is 42.5 Å². The maximum atomic E-state index is 9.04. The summed E-state index contributed by atoms with van der Waals surface area (Å²) in [5, 5.41) is 1.43. The molecule has 0 spiro atoms. The highest BCUT2D eigenvalue weighted by Gasteiger charge is 2.35. The van der Waals surface area contributed by atoms with Crippen molar-refractivity contribution in [3.63, 3.8) is 0 Å². The van der Waals surface area contributed by atoms with Gasteiger partial charge in [0.05, 0.1) is 0 Å². The van der Waals surface area contributed by atoms with Crippen molar-refractivity contribution >= 4 is 11.6 Å². The third kappa shape index (κ3) is 1.75. The van der Waals surface area contributed by atoms with E-state index >= 15 is 0 Å². The van der Waals surface area contributed by atoms with Crippen LogP contribution in [0.15, 0.2) is 42.5 Å². The number of hydrogen-bond acceptors (Lipinski definition) is 2. The standard InChI is InChI=1S/C16H14ClNO/c17-10-5-6-16-12(7-10)14-9-18-8-13(14)11-3-1-2-4-15(11)19-16/h1-7,13-14,18H,8-9H2/t13-,14-/m0/s1/i8D,13D,14D/hD/t8?,13-,14-. The number of hydrogen-bond donors (Lipinski definition) is 1. The fourth-order valence-electron chi connectivity index (χ4n) is 2.58. The van der Waals surface area contributed by atoms with E-state index in [2.05, 4.69) is 0 Å². The molecule has 2 aliphatic rings. The van der Waals surface area contributed by atoms with Crippen LogP contribution in [0.5, 0.6) is 11.5 Å². The molecule has 2 nitrogen and oxygen atoms in total. The van der Waals surface area contributed by atoms with E-state index in [9.17, 15) is 0 Å². The minimum Gasteiger partial charge on any atom is -0.457 e. The van der Waals surface area contributed by atoms with Gasteiger partial charge in [-0.1, -0.05) is 29.8 Å². The molecule has 4 rings (SSSR count). The molecule has 1 fully saturated rings. The van der Waals surface area contributed by atoms with Crippen molar-refractivity contribution in [1.29, 1.82) is 0 Å². The Hall–Kier alpha value is -1.51. The Labute approximate surface area is 123 Å². The van der Waals surface area contributed by atoms with Crippen molar-refractivity contribution in [2.24, 2.45) is 0 Å². The van der Waals surface area contributed by atoms with Crippen molar-refractivity contribution in [3.8, 4) is 11.5 Å². The predicted octanol–water partition coefficient (Wildman–Crippen LogP) is 3.92. The lowest BCUT2D eigenvalue weighted by molar-refractivity contribution is 0.476. The van der Waals surface area contributed by atoms with E-state index in [4.69, 9.17) is 21.9 Å². The average molecular weight is 276 g/mol. The molecule has 0 radical (unpaired) electrons. The summed E-state index contributed by atoms with van der Waals surface area (Å²) in [5.41, 5.74) is 0.903. The van der Waals surface area contributed by atoms with Crippen LogP contribution in [0.1, 0.15) is 27.0 Å². The molecule has 96 valence electrons. The van der Waals surface area contributed by atoms with E-state index in [1.807, 2.05) is 0 Å². The van der Waals surface area contributed by atoms with Gasteiger partial charge in [0, 0.05) is 39.6 Å². The topological polar surface area (TPSA) is 21.3 Å². The Balaban J connectivity index is 2.10. The molecule has 1 saturated heterocycles. The molecule has 0 aliphatic carbocycles. The number of ether oxygens (including phenoxy) is 1. The average Bonchev–Trinajstić information content (AvgIpc) is 2.66. The molecule has 2 aromatic carbocycles. The van der Waals surface area contributed by atoms with Gasteiger partial charge in [0.15, 0.2) is 0 Å². The maximum Gasteiger partial charge on any atom is 0.131 e. The number of nitrogens with one attached hydrogen (secondary N) is 1. The van der Waals surface area contributed by atoms with Crippen molar-refractivity contribution in [2.75, 3.05) is 13.1 Å². The van der Waals surface area contributed by atoms with Gasteiger partial charge in [-0.05, 0) is 29.8 Å². The van der Waals surface area contributed by atoms with E-state index < -0.39 is 18.3 Å². The number of fused-ring (bicyclic) bond motifs is 5. The summed E-state index contributed by atoms with van der Waals surface area (Å²) < 4.78 is 40.4. The third-order valence-electron chi connectivity index (χ3n) is 3.46. The highest BCUT2D eigenvalue weighted by molar-refractivity contribution is 6.30. The second kappa shape index (κ2) is 4.26.